The molecule has 2 aromatic carbocycles. The molecule has 3 heterocycles. The molecule has 1 saturated heterocycles. The maximum atomic E-state index is 13.7. The summed E-state index contributed by atoms with van der Waals surface area (Å²) in [5.74, 6) is -0.269. The van der Waals surface area contributed by atoms with E-state index < -0.39 is 10.0 Å². The van der Waals surface area contributed by atoms with Gasteiger partial charge in [0.2, 0.25) is 10.0 Å². The average molecular weight is 527 g/mol. The van der Waals surface area contributed by atoms with Crippen LogP contribution in [0.15, 0.2) is 65.8 Å². The maximum Gasteiger partial charge on any atom is 0.260 e. The molecule has 0 spiro atoms. The fourth-order valence-electron chi connectivity index (χ4n) is 4.16. The third-order valence-corrected chi connectivity index (χ3v) is 9.17. The molecule has 1 aliphatic heterocycles. The number of rotatable bonds is 6. The number of benzene rings is 2. The smallest absolute Gasteiger partial charge is 0.260 e. The van der Waals surface area contributed by atoms with Gasteiger partial charge in [0.05, 0.1) is 21.7 Å². The van der Waals surface area contributed by atoms with Gasteiger partial charge < -0.3 is 0 Å². The second kappa shape index (κ2) is 9.66. The molecule has 180 valence electrons. The van der Waals surface area contributed by atoms with Crippen LogP contribution < -0.4 is 4.90 Å². The molecule has 0 N–H and O–H groups in total. The van der Waals surface area contributed by atoms with Crippen molar-refractivity contribution in [3.8, 4) is 0 Å². The molecule has 7 nitrogen and oxygen atoms in total. The highest BCUT2D eigenvalue weighted by Gasteiger charge is 2.28. The number of pyridine rings is 1. The maximum absolute atomic E-state index is 13.7. The summed E-state index contributed by atoms with van der Waals surface area (Å²) in [5, 5.41) is 1.16. The zero-order valence-electron chi connectivity index (χ0n) is 19.0. The van der Waals surface area contributed by atoms with Crippen molar-refractivity contribution in [3.05, 3.63) is 82.6 Å². The fraction of sp³-hybridized carbons (Fsp3) is 0.240. The van der Waals surface area contributed by atoms with E-state index in [1.807, 2.05) is 31.2 Å². The molecule has 35 heavy (non-hydrogen) atoms. The van der Waals surface area contributed by atoms with Crippen molar-refractivity contribution >= 4 is 54.2 Å². The van der Waals surface area contributed by atoms with Crippen molar-refractivity contribution in [2.45, 2.75) is 31.2 Å². The number of sulfonamides is 1. The number of carbonyl (C=O) groups excluding carboxylic acids is 1. The van der Waals surface area contributed by atoms with Crippen molar-refractivity contribution in [2.75, 3.05) is 18.0 Å². The topological polar surface area (TPSA) is 83.5 Å². The van der Waals surface area contributed by atoms with Gasteiger partial charge in [0, 0.05) is 36.1 Å². The molecule has 5 rings (SSSR count). The van der Waals surface area contributed by atoms with Gasteiger partial charge in [-0.15, -0.1) is 0 Å². The van der Waals surface area contributed by atoms with E-state index in [1.165, 1.54) is 27.8 Å². The summed E-state index contributed by atoms with van der Waals surface area (Å²) in [5.41, 5.74) is 3.01. The number of fused-ring (bicyclic) bond motifs is 1. The summed E-state index contributed by atoms with van der Waals surface area (Å²) in [7, 11) is -3.55. The molecular weight excluding hydrogens is 504 g/mol. The molecule has 0 saturated carbocycles. The molecule has 0 aliphatic carbocycles. The van der Waals surface area contributed by atoms with Crippen molar-refractivity contribution in [2.24, 2.45) is 0 Å². The molecule has 2 aromatic heterocycles. The number of carbonyl (C=O) groups is 1. The first kappa shape index (κ1) is 23.9. The highest BCUT2D eigenvalue weighted by atomic mass is 35.5. The van der Waals surface area contributed by atoms with E-state index >= 15 is 0 Å². The molecule has 1 amide bonds. The molecule has 10 heteroatoms. The zero-order chi connectivity index (χ0) is 24.6. The predicted octanol–water partition coefficient (Wildman–Crippen LogP) is 5.28. The minimum absolute atomic E-state index is 0.196. The quantitative estimate of drug-likeness (QED) is 0.341. The van der Waals surface area contributed by atoms with Crippen LogP contribution in [-0.2, 0) is 16.6 Å². The summed E-state index contributed by atoms with van der Waals surface area (Å²) in [4.78, 5) is 24.3. The van der Waals surface area contributed by atoms with E-state index in [2.05, 4.69) is 4.98 Å². The van der Waals surface area contributed by atoms with Crippen LogP contribution in [0.25, 0.3) is 10.2 Å². The van der Waals surface area contributed by atoms with Crippen molar-refractivity contribution in [1.29, 1.82) is 0 Å². The Balaban J connectivity index is 1.50. The Morgan fingerprint density at radius 3 is 2.46 bits per heavy atom. The largest absolute Gasteiger partial charge is 0.279 e. The summed E-state index contributed by atoms with van der Waals surface area (Å²) >= 11 is 7.63. The van der Waals surface area contributed by atoms with Crippen molar-refractivity contribution in [3.63, 3.8) is 0 Å². The molecule has 1 fully saturated rings. The predicted molar refractivity (Wildman–Crippen MR) is 139 cm³/mol. The van der Waals surface area contributed by atoms with E-state index in [0.717, 1.165) is 34.2 Å². The minimum atomic E-state index is -3.55. The fourth-order valence-corrected chi connectivity index (χ4v) is 7.09. The molecule has 0 atom stereocenters. The van der Waals surface area contributed by atoms with Gasteiger partial charge in [-0.25, -0.2) is 13.4 Å². The lowest BCUT2D eigenvalue weighted by atomic mass is 10.2. The van der Waals surface area contributed by atoms with Crippen LogP contribution in [0.2, 0.25) is 5.02 Å². The monoisotopic (exact) mass is 526 g/mol. The summed E-state index contributed by atoms with van der Waals surface area (Å²) < 4.78 is 28.1. The Kier molecular flexibility index (Phi) is 6.59. The van der Waals surface area contributed by atoms with Crippen LogP contribution in [0.5, 0.6) is 0 Å². The molecule has 0 bridgehead atoms. The first-order valence-electron chi connectivity index (χ1n) is 11.2. The van der Waals surface area contributed by atoms with Crippen LogP contribution in [0.1, 0.15) is 34.3 Å². The number of amides is 1. The molecule has 0 radical (unpaired) electrons. The van der Waals surface area contributed by atoms with Crippen molar-refractivity contribution < 1.29 is 13.2 Å². The van der Waals surface area contributed by atoms with E-state index in [1.54, 1.807) is 29.4 Å². The third kappa shape index (κ3) is 4.81. The molecule has 0 unspecified atom stereocenters. The van der Waals surface area contributed by atoms with Crippen LogP contribution in [0.4, 0.5) is 5.13 Å². The third-order valence-electron chi connectivity index (χ3n) is 6.01. The van der Waals surface area contributed by atoms with E-state index in [9.17, 15) is 13.2 Å². The van der Waals surface area contributed by atoms with Crippen LogP contribution >= 0.6 is 22.9 Å². The lowest BCUT2D eigenvalue weighted by Gasteiger charge is -2.20. The van der Waals surface area contributed by atoms with Gasteiger partial charge in [-0.3, -0.25) is 14.7 Å². The van der Waals surface area contributed by atoms with Gasteiger partial charge in [0.1, 0.15) is 0 Å². The van der Waals surface area contributed by atoms with E-state index in [4.69, 9.17) is 16.6 Å². The average Bonchev–Trinajstić information content (AvgIpc) is 3.54. The number of halogens is 1. The standard InChI is InChI=1S/C25H23ClN4O3S2/c1-17-14-20(26)15-22-23(17)28-25(34-22)30(16-18-8-10-27-11-9-18)24(31)19-4-6-21(7-5-19)35(32,33)29-12-2-3-13-29/h4-11,14-15H,2-3,12-13,16H2,1H3. The summed E-state index contributed by atoms with van der Waals surface area (Å²) in [6, 6.07) is 13.5. The highest BCUT2D eigenvalue weighted by molar-refractivity contribution is 7.89. The van der Waals surface area contributed by atoms with Crippen LogP contribution in [0.3, 0.4) is 0 Å². The molecule has 4 aromatic rings. The zero-order valence-corrected chi connectivity index (χ0v) is 21.4. The number of nitrogens with zero attached hydrogens (tertiary/aromatic N) is 4. The molecule has 1 aliphatic rings. The lowest BCUT2D eigenvalue weighted by molar-refractivity contribution is 0.0985. The first-order valence-corrected chi connectivity index (χ1v) is 13.8. The van der Waals surface area contributed by atoms with E-state index in [0.29, 0.717) is 35.4 Å². The number of aryl methyl sites for hydroxylation is 1. The lowest BCUT2D eigenvalue weighted by Crippen LogP contribution is -2.30. The normalized spacial score (nSPS) is 14.5. The number of aromatic nitrogens is 2. The second-order valence-electron chi connectivity index (χ2n) is 8.45. The first-order chi connectivity index (χ1) is 16.8. The van der Waals surface area contributed by atoms with Gasteiger partial charge in [-0.05, 0) is 79.4 Å². The number of hydrogen-bond acceptors (Lipinski definition) is 6. The van der Waals surface area contributed by atoms with Gasteiger partial charge in [0.15, 0.2) is 5.13 Å². The van der Waals surface area contributed by atoms with Crippen LogP contribution in [-0.4, -0.2) is 41.7 Å². The number of hydrogen-bond donors (Lipinski definition) is 0. The second-order valence-corrected chi connectivity index (χ2v) is 11.8. The summed E-state index contributed by atoms with van der Waals surface area (Å²) in [6.45, 7) is 3.29. The van der Waals surface area contributed by atoms with Crippen molar-refractivity contribution in [1.82, 2.24) is 14.3 Å². The number of anilines is 1. The summed E-state index contributed by atoms with van der Waals surface area (Å²) in [6.07, 6.45) is 5.09. The van der Waals surface area contributed by atoms with Crippen LogP contribution in [0, 0.1) is 6.92 Å². The Morgan fingerprint density at radius 1 is 1.09 bits per heavy atom. The molecular formula is C25H23ClN4O3S2. The Bertz CT molecular complexity index is 1480. The SMILES string of the molecule is Cc1cc(Cl)cc2sc(N(Cc3ccncc3)C(=O)c3ccc(S(=O)(=O)N4CCCC4)cc3)nc12. The van der Waals surface area contributed by atoms with Gasteiger partial charge in [0.25, 0.3) is 5.91 Å². The van der Waals surface area contributed by atoms with Gasteiger partial charge >= 0.3 is 0 Å². The number of thiazole rings is 1. The highest BCUT2D eigenvalue weighted by Crippen LogP contribution is 2.34. The Morgan fingerprint density at radius 2 is 1.77 bits per heavy atom. The van der Waals surface area contributed by atoms with Gasteiger partial charge in [-0.1, -0.05) is 22.9 Å². The van der Waals surface area contributed by atoms with E-state index in [-0.39, 0.29) is 10.8 Å². The minimum Gasteiger partial charge on any atom is -0.279 e. The van der Waals surface area contributed by atoms with Gasteiger partial charge in [-0.2, -0.15) is 4.31 Å². The Hall–Kier alpha value is -2.85. The Labute approximate surface area is 213 Å².